The summed E-state index contributed by atoms with van der Waals surface area (Å²) in [6, 6.07) is 5.38. The molecule has 0 unspecified atom stereocenters. The predicted molar refractivity (Wildman–Crippen MR) is 72.2 cm³/mol. The van der Waals surface area contributed by atoms with Crippen LogP contribution in [0, 0.1) is 0 Å². The van der Waals surface area contributed by atoms with Crippen LogP contribution in [0.4, 0.5) is 11.4 Å². The van der Waals surface area contributed by atoms with E-state index >= 15 is 0 Å². The smallest absolute Gasteiger partial charge is 0.237 e. The van der Waals surface area contributed by atoms with E-state index in [1.54, 1.807) is 12.1 Å². The number of nitrogens with two attached hydrogens (primary N) is 1. The van der Waals surface area contributed by atoms with Crippen molar-refractivity contribution < 1.29 is 13.2 Å². The number of nitrogen functional groups attached to an aromatic ring is 1. The Hall–Kier alpha value is -1.27. The Morgan fingerprint density at radius 1 is 1.44 bits per heavy atom. The molecule has 18 heavy (non-hydrogen) atoms. The predicted octanol–water partition coefficient (Wildman–Crippen LogP) is 0.998. The maximum absolute atomic E-state index is 12.2. The third-order valence-electron chi connectivity index (χ3n) is 3.06. The normalized spacial score (nSPS) is 15.5. The van der Waals surface area contributed by atoms with Crippen LogP contribution in [0.1, 0.15) is 12.0 Å². The molecule has 1 aliphatic rings. The molecule has 0 aliphatic carbocycles. The summed E-state index contributed by atoms with van der Waals surface area (Å²) in [5.74, 6) is 0.00726. The highest BCUT2D eigenvalue weighted by Gasteiger charge is 2.27. The van der Waals surface area contributed by atoms with Crippen LogP contribution in [0.3, 0.4) is 0 Å². The van der Waals surface area contributed by atoms with Crippen molar-refractivity contribution in [2.24, 2.45) is 0 Å². The lowest BCUT2D eigenvalue weighted by atomic mass is 10.0. The molecule has 0 saturated carbocycles. The number of hydrogen-bond acceptors (Lipinski definition) is 4. The standard InChI is InChI=1S/C12H18N2O3S/c1-17-7-8-18(15,16)14-6-2-3-10-9-11(13)4-5-12(10)14/h4-5,9H,2-3,6-8,13H2,1H3. The second-order valence-corrected chi connectivity index (χ2v) is 6.39. The van der Waals surface area contributed by atoms with Gasteiger partial charge in [-0.1, -0.05) is 0 Å². The van der Waals surface area contributed by atoms with Gasteiger partial charge in [-0.25, -0.2) is 8.42 Å². The second kappa shape index (κ2) is 5.16. The fourth-order valence-corrected chi connectivity index (χ4v) is 3.65. The summed E-state index contributed by atoms with van der Waals surface area (Å²) >= 11 is 0. The zero-order valence-corrected chi connectivity index (χ0v) is 11.2. The number of sulfonamides is 1. The minimum Gasteiger partial charge on any atom is -0.399 e. The van der Waals surface area contributed by atoms with Crippen molar-refractivity contribution in [3.05, 3.63) is 23.8 Å². The minimum atomic E-state index is -3.30. The average molecular weight is 270 g/mol. The molecule has 6 heteroatoms. The molecular weight excluding hydrogens is 252 g/mol. The summed E-state index contributed by atoms with van der Waals surface area (Å²) in [5, 5.41) is 0. The topological polar surface area (TPSA) is 72.6 Å². The first kappa shape index (κ1) is 13.2. The molecule has 100 valence electrons. The van der Waals surface area contributed by atoms with E-state index in [1.807, 2.05) is 6.07 Å². The van der Waals surface area contributed by atoms with Crippen LogP contribution in [-0.2, 0) is 21.2 Å². The van der Waals surface area contributed by atoms with Crippen molar-refractivity contribution in [3.63, 3.8) is 0 Å². The maximum atomic E-state index is 12.2. The Labute approximate surface area is 108 Å². The van der Waals surface area contributed by atoms with E-state index in [9.17, 15) is 8.42 Å². The number of aryl methyl sites for hydroxylation is 1. The van der Waals surface area contributed by atoms with E-state index in [-0.39, 0.29) is 12.4 Å². The molecule has 0 fully saturated rings. The number of rotatable bonds is 4. The van der Waals surface area contributed by atoms with Crippen molar-refractivity contribution in [2.45, 2.75) is 12.8 Å². The summed E-state index contributed by atoms with van der Waals surface area (Å²) in [4.78, 5) is 0. The van der Waals surface area contributed by atoms with Gasteiger partial charge in [0.05, 0.1) is 18.0 Å². The van der Waals surface area contributed by atoms with Gasteiger partial charge < -0.3 is 10.5 Å². The fraction of sp³-hybridized carbons (Fsp3) is 0.500. The number of anilines is 2. The number of fused-ring (bicyclic) bond motifs is 1. The number of methoxy groups -OCH3 is 1. The van der Waals surface area contributed by atoms with Gasteiger partial charge >= 0.3 is 0 Å². The zero-order valence-electron chi connectivity index (χ0n) is 10.4. The highest BCUT2D eigenvalue weighted by molar-refractivity contribution is 7.92. The Kier molecular flexibility index (Phi) is 3.77. The number of nitrogens with zero attached hydrogens (tertiary/aromatic N) is 1. The quantitative estimate of drug-likeness (QED) is 0.828. The average Bonchev–Trinajstić information content (AvgIpc) is 2.35. The van der Waals surface area contributed by atoms with E-state index in [0.717, 1.165) is 24.1 Å². The van der Waals surface area contributed by atoms with Crippen LogP contribution < -0.4 is 10.0 Å². The van der Waals surface area contributed by atoms with Gasteiger partial charge in [-0.3, -0.25) is 4.31 Å². The van der Waals surface area contributed by atoms with Crippen LogP contribution in [-0.4, -0.2) is 34.4 Å². The highest BCUT2D eigenvalue weighted by Crippen LogP contribution is 2.30. The van der Waals surface area contributed by atoms with E-state index in [0.29, 0.717) is 12.2 Å². The van der Waals surface area contributed by atoms with Crippen LogP contribution >= 0.6 is 0 Å². The molecule has 0 spiro atoms. The highest BCUT2D eigenvalue weighted by atomic mass is 32.2. The summed E-state index contributed by atoms with van der Waals surface area (Å²) < 4.78 is 30.7. The molecular formula is C12H18N2O3S. The Bertz CT molecular complexity index is 528. The Balaban J connectivity index is 2.33. The summed E-state index contributed by atoms with van der Waals surface area (Å²) in [6.07, 6.45) is 1.69. The molecule has 0 bridgehead atoms. The van der Waals surface area contributed by atoms with E-state index < -0.39 is 10.0 Å². The van der Waals surface area contributed by atoms with Crippen molar-refractivity contribution >= 4 is 21.4 Å². The van der Waals surface area contributed by atoms with Gasteiger partial charge in [0.1, 0.15) is 0 Å². The van der Waals surface area contributed by atoms with Gasteiger partial charge in [-0.15, -0.1) is 0 Å². The molecule has 1 heterocycles. The maximum Gasteiger partial charge on any atom is 0.237 e. The van der Waals surface area contributed by atoms with Gasteiger partial charge in [0, 0.05) is 19.3 Å². The molecule has 1 aliphatic heterocycles. The molecule has 0 radical (unpaired) electrons. The van der Waals surface area contributed by atoms with E-state index in [1.165, 1.54) is 11.4 Å². The summed E-state index contributed by atoms with van der Waals surface area (Å²) in [6.45, 7) is 0.742. The number of ether oxygens (including phenoxy) is 1. The lowest BCUT2D eigenvalue weighted by Gasteiger charge is -2.30. The number of hydrogen-bond donors (Lipinski definition) is 1. The summed E-state index contributed by atoms with van der Waals surface area (Å²) in [7, 11) is -1.80. The van der Waals surface area contributed by atoms with E-state index in [2.05, 4.69) is 0 Å². The third-order valence-corrected chi connectivity index (χ3v) is 4.79. The van der Waals surface area contributed by atoms with Crippen LogP contribution in [0.25, 0.3) is 0 Å². The largest absolute Gasteiger partial charge is 0.399 e. The van der Waals surface area contributed by atoms with Crippen LogP contribution in [0.15, 0.2) is 18.2 Å². The molecule has 0 amide bonds. The first-order valence-electron chi connectivity index (χ1n) is 5.92. The lowest BCUT2D eigenvalue weighted by Crippen LogP contribution is -2.38. The van der Waals surface area contributed by atoms with Gasteiger partial charge in [-0.2, -0.15) is 0 Å². The molecule has 2 rings (SSSR count). The molecule has 0 atom stereocenters. The van der Waals surface area contributed by atoms with Gasteiger partial charge in [0.15, 0.2) is 0 Å². The zero-order chi connectivity index (χ0) is 13.2. The minimum absolute atomic E-state index is 0.00726. The second-order valence-electron chi connectivity index (χ2n) is 4.37. The molecule has 2 N–H and O–H groups in total. The van der Waals surface area contributed by atoms with Crippen molar-refractivity contribution in [1.82, 2.24) is 0 Å². The van der Waals surface area contributed by atoms with Crippen molar-refractivity contribution in [3.8, 4) is 0 Å². The van der Waals surface area contributed by atoms with Gasteiger partial charge in [0.2, 0.25) is 10.0 Å². The molecule has 5 nitrogen and oxygen atoms in total. The molecule has 0 aromatic heterocycles. The summed E-state index contributed by atoms with van der Waals surface area (Å²) in [5.41, 5.74) is 8.16. The Morgan fingerprint density at radius 3 is 2.94 bits per heavy atom. The number of benzene rings is 1. The first-order chi connectivity index (χ1) is 8.54. The molecule has 1 aromatic carbocycles. The Morgan fingerprint density at radius 2 is 2.22 bits per heavy atom. The molecule has 0 saturated heterocycles. The van der Waals surface area contributed by atoms with Gasteiger partial charge in [0.25, 0.3) is 0 Å². The van der Waals surface area contributed by atoms with Crippen LogP contribution in [0.2, 0.25) is 0 Å². The lowest BCUT2D eigenvalue weighted by molar-refractivity contribution is 0.217. The first-order valence-corrected chi connectivity index (χ1v) is 7.53. The van der Waals surface area contributed by atoms with Crippen LogP contribution in [0.5, 0.6) is 0 Å². The SMILES string of the molecule is COCCS(=O)(=O)N1CCCc2cc(N)ccc21. The van der Waals surface area contributed by atoms with Gasteiger partial charge in [-0.05, 0) is 36.6 Å². The monoisotopic (exact) mass is 270 g/mol. The van der Waals surface area contributed by atoms with Crippen molar-refractivity contribution in [2.75, 3.05) is 36.1 Å². The molecule has 1 aromatic rings. The van der Waals surface area contributed by atoms with Crippen molar-refractivity contribution in [1.29, 1.82) is 0 Å². The third kappa shape index (κ3) is 2.59. The fourth-order valence-electron chi connectivity index (χ4n) is 2.17. The van der Waals surface area contributed by atoms with E-state index in [4.69, 9.17) is 10.5 Å².